The van der Waals surface area contributed by atoms with E-state index in [1.165, 1.54) is 20.2 Å². The topological polar surface area (TPSA) is 110 Å². The van der Waals surface area contributed by atoms with Crippen molar-refractivity contribution in [2.45, 2.75) is 6.92 Å². The van der Waals surface area contributed by atoms with Crippen LogP contribution in [0.15, 0.2) is 48.8 Å². The zero-order valence-corrected chi connectivity index (χ0v) is 23.6. The van der Waals surface area contributed by atoms with E-state index >= 15 is 0 Å². The highest BCUT2D eigenvalue weighted by Gasteiger charge is 2.17. The minimum Gasteiger partial charge on any atom is -0.503 e. The van der Waals surface area contributed by atoms with Crippen LogP contribution < -0.4 is 14.8 Å². The maximum atomic E-state index is 12.4. The van der Waals surface area contributed by atoms with Gasteiger partial charge in [-0.25, -0.2) is 9.97 Å². The highest BCUT2D eigenvalue weighted by Crippen LogP contribution is 2.39. The molecule has 0 amide bonds. The fourth-order valence-electron chi connectivity index (χ4n) is 3.51. The Morgan fingerprint density at radius 2 is 1.87 bits per heavy atom. The molecule has 0 fully saturated rings. The van der Waals surface area contributed by atoms with E-state index in [-0.39, 0.29) is 47.1 Å². The number of anilines is 2. The number of fused-ring (bicyclic) bond motifs is 1. The molecule has 202 valence electrons. The molecule has 0 spiro atoms. The molecule has 2 N–H and O–H groups in total. The molecule has 3 heterocycles. The number of carbonyl (C=O) groups is 1. The number of rotatable bonds is 9. The Morgan fingerprint density at radius 1 is 1.11 bits per heavy atom. The Bertz CT molecular complexity index is 1420. The fourth-order valence-corrected chi connectivity index (χ4v) is 3.73. The van der Waals surface area contributed by atoms with Crippen LogP contribution in [0.3, 0.4) is 0 Å². The number of methoxy groups -OCH3 is 1. The Labute approximate surface area is 238 Å². The molecule has 0 bridgehead atoms. The molecule has 3 aromatic heterocycles. The van der Waals surface area contributed by atoms with Crippen LogP contribution in [0.4, 0.5) is 11.4 Å². The van der Waals surface area contributed by atoms with Crippen molar-refractivity contribution >= 4 is 64.6 Å². The number of aromatic hydroxyl groups is 1. The summed E-state index contributed by atoms with van der Waals surface area (Å²) in [4.78, 5) is 28.0. The van der Waals surface area contributed by atoms with E-state index in [2.05, 4.69) is 15.3 Å². The first-order valence-electron chi connectivity index (χ1n) is 11.1. The second-order valence-electron chi connectivity index (χ2n) is 8.34. The lowest BCUT2D eigenvalue weighted by Crippen LogP contribution is -2.19. The maximum Gasteiger partial charge on any atom is 0.213 e. The van der Waals surface area contributed by atoms with Gasteiger partial charge in [-0.05, 0) is 51.4 Å². The molecular weight excluding hydrogens is 553 g/mol. The molecule has 1 aromatic carbocycles. The molecule has 4 rings (SSSR count). The Kier molecular flexibility index (Phi) is 10.9. The van der Waals surface area contributed by atoms with Gasteiger partial charge in [-0.3, -0.25) is 9.78 Å². The first-order valence-corrected chi connectivity index (χ1v) is 11.5. The molecule has 12 heteroatoms. The van der Waals surface area contributed by atoms with Crippen molar-refractivity contribution in [3.63, 3.8) is 0 Å². The van der Waals surface area contributed by atoms with Gasteiger partial charge in [0.2, 0.25) is 5.88 Å². The van der Waals surface area contributed by atoms with E-state index in [0.29, 0.717) is 51.7 Å². The molecule has 0 unspecified atom stereocenters. The summed E-state index contributed by atoms with van der Waals surface area (Å²) in [5.74, 6) is 0.429. The molecule has 0 saturated carbocycles. The number of likely N-dealkylation sites (N-methyl/N-ethyl adjacent to an activating group) is 1. The number of nitrogens with zero attached hydrogens (tertiary/aromatic N) is 4. The summed E-state index contributed by atoms with van der Waals surface area (Å²) in [5.41, 5.74) is 3.85. The fraction of sp³-hybridized carbons (Fsp3) is 0.231. The van der Waals surface area contributed by atoms with Gasteiger partial charge in [-0.15, -0.1) is 24.8 Å². The SMILES string of the molecule is COc1cc(-c2ccc3ncc(C(C)=O)c(Nc4ccc(OCCN(C)C)nc4)c3n2)cc(Cl)c1O.Cl.Cl. The average molecular weight is 581 g/mol. The number of phenols is 1. The van der Waals surface area contributed by atoms with Gasteiger partial charge in [-0.1, -0.05) is 11.6 Å². The Morgan fingerprint density at radius 3 is 2.50 bits per heavy atom. The summed E-state index contributed by atoms with van der Waals surface area (Å²) in [6.45, 7) is 2.77. The predicted octanol–water partition coefficient (Wildman–Crippen LogP) is 5.79. The number of carbonyl (C=O) groups excluding carboxylic acids is 1. The van der Waals surface area contributed by atoms with Crippen LogP contribution in [0.1, 0.15) is 17.3 Å². The maximum absolute atomic E-state index is 12.4. The summed E-state index contributed by atoms with van der Waals surface area (Å²) in [5, 5.41) is 13.5. The summed E-state index contributed by atoms with van der Waals surface area (Å²) in [7, 11) is 5.39. The zero-order chi connectivity index (χ0) is 25.8. The summed E-state index contributed by atoms with van der Waals surface area (Å²) < 4.78 is 10.9. The first-order chi connectivity index (χ1) is 17.3. The van der Waals surface area contributed by atoms with Crippen LogP contribution in [-0.2, 0) is 0 Å². The van der Waals surface area contributed by atoms with Gasteiger partial charge in [0.1, 0.15) is 12.1 Å². The minimum atomic E-state index is -0.162. The third-order valence-corrected chi connectivity index (χ3v) is 5.72. The number of Topliss-reactive ketones (excluding diaryl/α,β-unsaturated/α-hetero) is 1. The van der Waals surface area contributed by atoms with Crippen LogP contribution in [0.5, 0.6) is 17.4 Å². The lowest BCUT2D eigenvalue weighted by molar-refractivity contribution is 0.101. The van der Waals surface area contributed by atoms with Crippen molar-refractivity contribution < 1.29 is 19.4 Å². The second-order valence-corrected chi connectivity index (χ2v) is 8.75. The molecule has 38 heavy (non-hydrogen) atoms. The second kappa shape index (κ2) is 13.4. The number of ketones is 1. The monoisotopic (exact) mass is 579 g/mol. The molecule has 0 aliphatic rings. The molecule has 0 saturated heterocycles. The Balaban J connectivity index is 0.00000253. The predicted molar refractivity (Wildman–Crippen MR) is 154 cm³/mol. The van der Waals surface area contributed by atoms with Crippen LogP contribution in [0.25, 0.3) is 22.3 Å². The number of phenolic OH excluding ortho intramolecular Hbond substituents is 1. The molecular formula is C26H28Cl3N5O4. The van der Waals surface area contributed by atoms with Crippen molar-refractivity contribution in [2.75, 3.05) is 39.7 Å². The largest absolute Gasteiger partial charge is 0.503 e. The summed E-state index contributed by atoms with van der Waals surface area (Å²) in [6.07, 6.45) is 3.16. The number of halogens is 3. The Hall–Kier alpha value is -3.37. The zero-order valence-electron chi connectivity index (χ0n) is 21.2. The molecule has 0 atom stereocenters. The van der Waals surface area contributed by atoms with Crippen molar-refractivity contribution in [3.8, 4) is 28.6 Å². The van der Waals surface area contributed by atoms with Crippen molar-refractivity contribution in [1.82, 2.24) is 19.9 Å². The van der Waals surface area contributed by atoms with Gasteiger partial charge >= 0.3 is 0 Å². The third-order valence-electron chi connectivity index (χ3n) is 5.43. The smallest absolute Gasteiger partial charge is 0.213 e. The van der Waals surface area contributed by atoms with Crippen LogP contribution in [0.2, 0.25) is 5.02 Å². The van der Waals surface area contributed by atoms with E-state index in [9.17, 15) is 9.90 Å². The third kappa shape index (κ3) is 6.93. The minimum absolute atomic E-state index is 0. The van der Waals surface area contributed by atoms with Crippen molar-refractivity contribution in [3.05, 3.63) is 59.4 Å². The van der Waals surface area contributed by atoms with Crippen LogP contribution in [0, 0.1) is 0 Å². The number of pyridine rings is 3. The molecule has 9 nitrogen and oxygen atoms in total. The number of ether oxygens (including phenoxy) is 2. The van der Waals surface area contributed by atoms with Gasteiger partial charge in [0, 0.05) is 24.4 Å². The summed E-state index contributed by atoms with van der Waals surface area (Å²) >= 11 is 6.18. The number of nitrogens with one attached hydrogen (secondary N) is 1. The normalized spacial score (nSPS) is 10.5. The number of benzene rings is 1. The van der Waals surface area contributed by atoms with E-state index in [1.807, 2.05) is 25.1 Å². The van der Waals surface area contributed by atoms with Crippen LogP contribution in [-0.4, -0.2) is 65.1 Å². The van der Waals surface area contributed by atoms with Gasteiger partial charge in [0.25, 0.3) is 0 Å². The number of aromatic nitrogens is 3. The molecule has 4 aromatic rings. The standard InChI is InChI=1S/C26H26ClN5O4.2ClH/c1-15(33)18-14-28-21-7-6-20(16-11-19(27)26(34)22(12-16)35-4)31-25(21)24(18)30-17-5-8-23(29-13-17)36-10-9-32(2)3;;/h5-8,11-14,34H,9-10H2,1-4H3,(H,28,30);2*1H. The average Bonchev–Trinajstić information content (AvgIpc) is 2.86. The van der Waals surface area contributed by atoms with Crippen molar-refractivity contribution in [2.24, 2.45) is 0 Å². The quantitative estimate of drug-likeness (QED) is 0.238. The first kappa shape index (κ1) is 30.9. The van der Waals surface area contributed by atoms with Crippen LogP contribution >= 0.6 is 36.4 Å². The van der Waals surface area contributed by atoms with E-state index in [0.717, 1.165) is 6.54 Å². The number of hydrogen-bond acceptors (Lipinski definition) is 9. The molecule has 0 aliphatic carbocycles. The van der Waals surface area contributed by atoms with Gasteiger partial charge < -0.3 is 24.8 Å². The van der Waals surface area contributed by atoms with E-state index < -0.39 is 0 Å². The highest BCUT2D eigenvalue weighted by atomic mass is 35.5. The lowest BCUT2D eigenvalue weighted by atomic mass is 10.1. The summed E-state index contributed by atoms with van der Waals surface area (Å²) in [6, 6.07) is 10.4. The van der Waals surface area contributed by atoms with E-state index in [1.54, 1.807) is 36.5 Å². The highest BCUT2D eigenvalue weighted by molar-refractivity contribution is 6.32. The molecule has 0 radical (unpaired) electrons. The lowest BCUT2D eigenvalue weighted by Gasteiger charge is -2.15. The van der Waals surface area contributed by atoms with Gasteiger partial charge in [0.05, 0.1) is 46.5 Å². The van der Waals surface area contributed by atoms with Crippen molar-refractivity contribution in [1.29, 1.82) is 0 Å². The number of hydrogen-bond donors (Lipinski definition) is 2. The van der Waals surface area contributed by atoms with Gasteiger partial charge in [0.15, 0.2) is 17.3 Å². The molecule has 0 aliphatic heterocycles. The van der Waals surface area contributed by atoms with Gasteiger partial charge in [-0.2, -0.15) is 0 Å². The van der Waals surface area contributed by atoms with E-state index in [4.69, 9.17) is 26.1 Å².